The molecule has 1 amide bonds. The quantitative estimate of drug-likeness (QED) is 0.547. The number of carbonyl (C=O) groups is 1. The van der Waals surface area contributed by atoms with Crippen LogP contribution >= 0.6 is 11.3 Å². The van der Waals surface area contributed by atoms with Crippen LogP contribution in [-0.4, -0.2) is 27.6 Å². The summed E-state index contributed by atoms with van der Waals surface area (Å²) in [5.41, 5.74) is 6.77. The first-order valence-corrected chi connectivity index (χ1v) is 10.7. The molecule has 3 aromatic rings. The van der Waals surface area contributed by atoms with Crippen molar-refractivity contribution < 1.29 is 9.53 Å². The normalized spacial score (nSPS) is 11.0. The van der Waals surface area contributed by atoms with E-state index >= 15 is 0 Å². The maximum Gasteiger partial charge on any atom is 0.263 e. The second kappa shape index (κ2) is 8.82. The van der Waals surface area contributed by atoms with Crippen LogP contribution in [0.3, 0.4) is 0 Å². The molecule has 0 fully saturated rings. The zero-order valence-corrected chi connectivity index (χ0v) is 18.9. The van der Waals surface area contributed by atoms with Crippen LogP contribution in [0.5, 0.6) is 5.75 Å². The van der Waals surface area contributed by atoms with Gasteiger partial charge in [-0.15, -0.1) is 11.3 Å². The van der Waals surface area contributed by atoms with Crippen molar-refractivity contribution in [2.75, 3.05) is 7.05 Å². The third kappa shape index (κ3) is 4.70. The van der Waals surface area contributed by atoms with Crippen molar-refractivity contribution in [2.45, 2.75) is 54.3 Å². The summed E-state index contributed by atoms with van der Waals surface area (Å²) in [4.78, 5) is 15.3. The minimum atomic E-state index is 0.0208. The summed E-state index contributed by atoms with van der Waals surface area (Å²) >= 11 is 1.46. The molecule has 0 atom stereocenters. The third-order valence-corrected chi connectivity index (χ3v) is 6.25. The van der Waals surface area contributed by atoms with Gasteiger partial charge in [0.05, 0.1) is 11.1 Å². The van der Waals surface area contributed by atoms with Crippen molar-refractivity contribution in [2.24, 2.45) is 0 Å². The number of thiophene rings is 1. The average Bonchev–Trinajstić information content (AvgIpc) is 3.30. The molecule has 0 bridgehead atoms. The van der Waals surface area contributed by atoms with Crippen molar-refractivity contribution in [3.05, 3.63) is 68.2 Å². The Morgan fingerprint density at radius 3 is 2.66 bits per heavy atom. The Bertz CT molecular complexity index is 1020. The van der Waals surface area contributed by atoms with E-state index < -0.39 is 0 Å². The fourth-order valence-corrected chi connectivity index (χ4v) is 4.24. The minimum Gasteiger partial charge on any atom is -0.489 e. The Labute approximate surface area is 176 Å². The van der Waals surface area contributed by atoms with Crippen molar-refractivity contribution in [1.82, 2.24) is 14.7 Å². The zero-order chi connectivity index (χ0) is 21.1. The first-order valence-electron chi connectivity index (χ1n) is 9.85. The number of nitrogens with zero attached hydrogens (tertiary/aromatic N) is 3. The van der Waals surface area contributed by atoms with Gasteiger partial charge in [-0.3, -0.25) is 9.48 Å². The smallest absolute Gasteiger partial charge is 0.263 e. The van der Waals surface area contributed by atoms with Gasteiger partial charge in [0.2, 0.25) is 0 Å². The molecule has 0 unspecified atom stereocenters. The lowest BCUT2D eigenvalue weighted by atomic mass is 10.1. The van der Waals surface area contributed by atoms with Gasteiger partial charge >= 0.3 is 0 Å². The van der Waals surface area contributed by atoms with Gasteiger partial charge in [0.1, 0.15) is 12.4 Å². The maximum absolute atomic E-state index is 12.8. The van der Waals surface area contributed by atoms with Crippen molar-refractivity contribution >= 4 is 17.2 Å². The second-order valence-corrected chi connectivity index (χ2v) is 8.46. The van der Waals surface area contributed by atoms with E-state index in [4.69, 9.17) is 4.74 Å². The lowest BCUT2D eigenvalue weighted by Crippen LogP contribution is -2.25. The summed E-state index contributed by atoms with van der Waals surface area (Å²) in [5.74, 6) is 0.926. The Morgan fingerprint density at radius 1 is 1.21 bits per heavy atom. The molecule has 2 heterocycles. The van der Waals surface area contributed by atoms with E-state index in [2.05, 4.69) is 44.9 Å². The van der Waals surface area contributed by atoms with Gasteiger partial charge in [-0.2, -0.15) is 5.10 Å². The van der Waals surface area contributed by atoms with Crippen LogP contribution in [-0.2, 0) is 19.7 Å². The molecule has 0 aliphatic carbocycles. The number of ether oxygens (including phenoxy) is 1. The predicted octanol–water partition coefficient (Wildman–Crippen LogP) is 5.05. The van der Waals surface area contributed by atoms with Crippen LogP contribution in [0.1, 0.15) is 50.1 Å². The van der Waals surface area contributed by atoms with Crippen LogP contribution in [0, 0.1) is 27.7 Å². The Kier molecular flexibility index (Phi) is 6.42. The number of benzene rings is 1. The molecular formula is C23H29N3O2S. The highest BCUT2D eigenvalue weighted by atomic mass is 32.1. The number of rotatable bonds is 7. The van der Waals surface area contributed by atoms with Gasteiger partial charge in [-0.25, -0.2) is 0 Å². The summed E-state index contributed by atoms with van der Waals surface area (Å²) in [7, 11) is 1.83. The predicted molar refractivity (Wildman–Crippen MR) is 118 cm³/mol. The molecule has 5 nitrogen and oxygen atoms in total. The number of aryl methyl sites for hydroxylation is 3. The Hall–Kier alpha value is -2.60. The topological polar surface area (TPSA) is 47.4 Å². The van der Waals surface area contributed by atoms with Crippen LogP contribution in [0.25, 0.3) is 0 Å². The molecule has 2 aromatic heterocycles. The number of aromatic nitrogens is 2. The lowest BCUT2D eigenvalue weighted by molar-refractivity contribution is 0.0789. The molecule has 0 aliphatic heterocycles. The summed E-state index contributed by atoms with van der Waals surface area (Å²) in [6, 6.07) is 6.16. The highest BCUT2D eigenvalue weighted by Crippen LogP contribution is 2.25. The molecule has 0 spiro atoms. The third-order valence-electron chi connectivity index (χ3n) is 5.28. The first-order chi connectivity index (χ1) is 13.8. The molecular weight excluding hydrogens is 382 g/mol. The van der Waals surface area contributed by atoms with E-state index in [1.54, 1.807) is 4.90 Å². The Balaban J connectivity index is 1.64. The van der Waals surface area contributed by atoms with E-state index in [1.807, 2.05) is 36.3 Å². The SMILES string of the molecule is CCn1ncc(CN(C)C(=O)c2cc(COc3cc(C)cc(C)c3C)cs2)c1C. The maximum atomic E-state index is 12.8. The molecule has 0 N–H and O–H groups in total. The number of hydrogen-bond acceptors (Lipinski definition) is 4. The molecule has 6 heteroatoms. The van der Waals surface area contributed by atoms with Gasteiger partial charge in [0, 0.05) is 37.0 Å². The van der Waals surface area contributed by atoms with Crippen LogP contribution in [0.4, 0.5) is 0 Å². The van der Waals surface area contributed by atoms with Gasteiger partial charge < -0.3 is 9.64 Å². The van der Waals surface area contributed by atoms with E-state index in [0.29, 0.717) is 13.2 Å². The van der Waals surface area contributed by atoms with Crippen molar-refractivity contribution in [1.29, 1.82) is 0 Å². The molecule has 0 aliphatic rings. The zero-order valence-electron chi connectivity index (χ0n) is 18.1. The summed E-state index contributed by atoms with van der Waals surface area (Å²) in [5, 5.41) is 6.36. The molecule has 0 saturated heterocycles. The second-order valence-electron chi connectivity index (χ2n) is 7.55. The Morgan fingerprint density at radius 2 is 1.97 bits per heavy atom. The molecule has 29 heavy (non-hydrogen) atoms. The van der Waals surface area contributed by atoms with Gasteiger partial charge in [-0.05, 0) is 68.8 Å². The van der Waals surface area contributed by atoms with Crippen molar-refractivity contribution in [3.63, 3.8) is 0 Å². The summed E-state index contributed by atoms with van der Waals surface area (Å²) < 4.78 is 7.98. The highest BCUT2D eigenvalue weighted by molar-refractivity contribution is 7.12. The summed E-state index contributed by atoms with van der Waals surface area (Å²) in [6.07, 6.45) is 1.85. The number of carbonyl (C=O) groups excluding carboxylic acids is 1. The van der Waals surface area contributed by atoms with Crippen molar-refractivity contribution in [3.8, 4) is 5.75 Å². The van der Waals surface area contributed by atoms with Crippen LogP contribution in [0.15, 0.2) is 29.8 Å². The molecule has 1 aromatic carbocycles. The lowest BCUT2D eigenvalue weighted by Gasteiger charge is -2.16. The van der Waals surface area contributed by atoms with E-state index in [9.17, 15) is 4.79 Å². The largest absolute Gasteiger partial charge is 0.489 e. The fraction of sp³-hybridized carbons (Fsp3) is 0.391. The molecule has 154 valence electrons. The minimum absolute atomic E-state index is 0.0208. The fourth-order valence-electron chi connectivity index (χ4n) is 3.35. The monoisotopic (exact) mass is 411 g/mol. The number of amides is 1. The van der Waals surface area contributed by atoms with E-state index in [-0.39, 0.29) is 5.91 Å². The van der Waals surface area contributed by atoms with E-state index in [0.717, 1.165) is 39.6 Å². The average molecular weight is 412 g/mol. The number of hydrogen-bond donors (Lipinski definition) is 0. The van der Waals surface area contributed by atoms with Gasteiger partial charge in [-0.1, -0.05) is 6.07 Å². The van der Waals surface area contributed by atoms with Gasteiger partial charge in [0.25, 0.3) is 5.91 Å². The van der Waals surface area contributed by atoms with Crippen LogP contribution in [0.2, 0.25) is 0 Å². The van der Waals surface area contributed by atoms with E-state index in [1.165, 1.54) is 22.5 Å². The molecule has 0 radical (unpaired) electrons. The van der Waals surface area contributed by atoms with Gasteiger partial charge in [0.15, 0.2) is 0 Å². The first kappa shape index (κ1) is 21.1. The summed E-state index contributed by atoms with van der Waals surface area (Å²) in [6.45, 7) is 12.2. The molecule has 0 saturated carbocycles. The highest BCUT2D eigenvalue weighted by Gasteiger charge is 2.17. The van der Waals surface area contributed by atoms with Crippen LogP contribution < -0.4 is 4.74 Å². The molecule has 3 rings (SSSR count). The standard InChI is InChI=1S/C23H29N3O2S/c1-7-26-18(5)20(11-24-26)12-25(6)23(27)22-10-19(14-29-22)13-28-21-9-15(2)8-16(3)17(21)4/h8-11,14H,7,12-13H2,1-6H3.